The molecular formula is C13H9F4NO. The minimum absolute atomic E-state index is 0.130. The molecule has 1 aromatic carbocycles. The van der Waals surface area contributed by atoms with Crippen molar-refractivity contribution < 1.29 is 17.6 Å². The average Bonchev–Trinajstić information content (AvgIpc) is 2.39. The van der Waals surface area contributed by atoms with Gasteiger partial charge in [0.05, 0.1) is 0 Å². The van der Waals surface area contributed by atoms with Crippen LogP contribution in [0.1, 0.15) is 24.0 Å². The van der Waals surface area contributed by atoms with E-state index in [1.807, 2.05) is 0 Å². The molecule has 0 saturated carbocycles. The zero-order valence-electron chi connectivity index (χ0n) is 9.56. The van der Waals surface area contributed by atoms with Gasteiger partial charge >= 0.3 is 0 Å². The summed E-state index contributed by atoms with van der Waals surface area (Å²) in [5.41, 5.74) is -1.05. The highest BCUT2D eigenvalue weighted by atomic mass is 19.3. The normalized spacial score (nSPS) is 11.3. The van der Waals surface area contributed by atoms with Crippen LogP contribution >= 0.6 is 0 Å². The number of alkyl halides is 4. The second-order valence-electron chi connectivity index (χ2n) is 3.87. The Morgan fingerprint density at radius 3 is 2.21 bits per heavy atom. The Morgan fingerprint density at radius 1 is 0.895 bits per heavy atom. The van der Waals surface area contributed by atoms with Crippen LogP contribution in [0.4, 0.5) is 17.6 Å². The van der Waals surface area contributed by atoms with Gasteiger partial charge in [-0.25, -0.2) is 17.6 Å². The van der Waals surface area contributed by atoms with Crippen LogP contribution in [0.25, 0.3) is 5.69 Å². The lowest BCUT2D eigenvalue weighted by Gasteiger charge is -2.09. The Kier molecular flexibility index (Phi) is 3.69. The molecule has 6 heteroatoms. The van der Waals surface area contributed by atoms with Crippen molar-refractivity contribution in [3.8, 4) is 5.69 Å². The molecule has 0 aliphatic rings. The lowest BCUT2D eigenvalue weighted by atomic mass is 10.2. The van der Waals surface area contributed by atoms with Gasteiger partial charge in [0.1, 0.15) is 0 Å². The quantitative estimate of drug-likeness (QED) is 0.780. The van der Waals surface area contributed by atoms with E-state index < -0.39 is 18.4 Å². The number of hydrogen-bond donors (Lipinski definition) is 0. The van der Waals surface area contributed by atoms with Crippen molar-refractivity contribution in [2.45, 2.75) is 12.9 Å². The molecule has 0 aliphatic carbocycles. The molecule has 0 spiro atoms. The fraction of sp³-hybridized carbons (Fsp3) is 0.154. The molecule has 0 fully saturated rings. The predicted octanol–water partition coefficient (Wildman–Crippen LogP) is 3.71. The van der Waals surface area contributed by atoms with E-state index in [1.165, 1.54) is 18.2 Å². The molecule has 1 heterocycles. The van der Waals surface area contributed by atoms with Crippen LogP contribution < -0.4 is 5.56 Å². The Balaban J connectivity index is 2.55. The van der Waals surface area contributed by atoms with Crippen molar-refractivity contribution in [1.82, 2.24) is 4.57 Å². The van der Waals surface area contributed by atoms with E-state index in [4.69, 9.17) is 0 Å². The number of benzene rings is 1. The van der Waals surface area contributed by atoms with E-state index in [1.54, 1.807) is 0 Å². The summed E-state index contributed by atoms with van der Waals surface area (Å²) in [7, 11) is 0. The van der Waals surface area contributed by atoms with Crippen LogP contribution in [-0.2, 0) is 0 Å². The third-order valence-corrected chi connectivity index (χ3v) is 2.59. The molecule has 0 unspecified atom stereocenters. The molecule has 0 atom stereocenters. The van der Waals surface area contributed by atoms with Gasteiger partial charge in [0.15, 0.2) is 0 Å². The summed E-state index contributed by atoms with van der Waals surface area (Å²) in [6.07, 6.45) is -4.46. The second kappa shape index (κ2) is 5.26. The fourth-order valence-electron chi connectivity index (χ4n) is 1.64. The molecular weight excluding hydrogens is 262 g/mol. The van der Waals surface area contributed by atoms with Gasteiger partial charge in [-0.1, -0.05) is 12.1 Å². The number of nitrogens with zero attached hydrogens (tertiary/aromatic N) is 1. The summed E-state index contributed by atoms with van der Waals surface area (Å²) in [4.78, 5) is 11.6. The van der Waals surface area contributed by atoms with E-state index >= 15 is 0 Å². The summed E-state index contributed by atoms with van der Waals surface area (Å²) >= 11 is 0. The molecule has 100 valence electrons. The zero-order valence-corrected chi connectivity index (χ0v) is 9.56. The number of hydrogen-bond acceptors (Lipinski definition) is 1. The van der Waals surface area contributed by atoms with Gasteiger partial charge in [0.25, 0.3) is 18.4 Å². The third kappa shape index (κ3) is 2.83. The second-order valence-corrected chi connectivity index (χ2v) is 3.87. The standard InChI is InChI=1S/C13H9F4NO/c14-12(15)8-2-1-3-10(6-8)18-7-9(13(16)17)4-5-11(18)19/h1-7,12-13H. The van der Waals surface area contributed by atoms with Crippen molar-refractivity contribution >= 4 is 0 Å². The SMILES string of the molecule is O=c1ccc(C(F)F)cn1-c1cccc(C(F)F)c1. The Hall–Kier alpha value is -2.11. The van der Waals surface area contributed by atoms with Gasteiger partial charge in [-0.05, 0) is 18.2 Å². The maximum absolute atomic E-state index is 12.6. The van der Waals surface area contributed by atoms with Gasteiger partial charge in [-0.15, -0.1) is 0 Å². The molecule has 19 heavy (non-hydrogen) atoms. The van der Waals surface area contributed by atoms with Gasteiger partial charge in [-0.2, -0.15) is 0 Å². The first kappa shape index (κ1) is 13.3. The van der Waals surface area contributed by atoms with Crippen molar-refractivity contribution in [2.75, 3.05) is 0 Å². The van der Waals surface area contributed by atoms with Crippen molar-refractivity contribution in [3.05, 3.63) is 64.1 Å². The van der Waals surface area contributed by atoms with Crippen LogP contribution in [0.2, 0.25) is 0 Å². The molecule has 0 bridgehead atoms. The van der Waals surface area contributed by atoms with Crippen LogP contribution in [0.5, 0.6) is 0 Å². The topological polar surface area (TPSA) is 22.0 Å². The molecule has 0 aliphatic heterocycles. The Labute approximate surface area is 105 Å². The summed E-state index contributed by atoms with van der Waals surface area (Å²) in [5, 5.41) is 0. The third-order valence-electron chi connectivity index (χ3n) is 2.59. The molecule has 2 rings (SSSR count). The van der Waals surface area contributed by atoms with Gasteiger partial charge < -0.3 is 0 Å². The van der Waals surface area contributed by atoms with E-state index in [2.05, 4.69) is 0 Å². The van der Waals surface area contributed by atoms with E-state index in [-0.39, 0.29) is 16.8 Å². The first-order valence-electron chi connectivity index (χ1n) is 5.38. The van der Waals surface area contributed by atoms with Crippen molar-refractivity contribution in [2.24, 2.45) is 0 Å². The van der Waals surface area contributed by atoms with Gasteiger partial charge in [0.2, 0.25) is 0 Å². The van der Waals surface area contributed by atoms with E-state index in [0.717, 1.165) is 29.0 Å². The average molecular weight is 271 g/mol. The van der Waals surface area contributed by atoms with Crippen molar-refractivity contribution in [1.29, 1.82) is 0 Å². The van der Waals surface area contributed by atoms with Crippen molar-refractivity contribution in [3.63, 3.8) is 0 Å². The van der Waals surface area contributed by atoms with Crippen LogP contribution in [-0.4, -0.2) is 4.57 Å². The van der Waals surface area contributed by atoms with Gasteiger partial charge in [0, 0.05) is 29.1 Å². The molecule has 0 N–H and O–H groups in total. The maximum Gasteiger partial charge on any atom is 0.265 e. The lowest BCUT2D eigenvalue weighted by molar-refractivity contribution is 0.150. The molecule has 2 aromatic rings. The molecule has 0 saturated heterocycles. The predicted molar refractivity (Wildman–Crippen MR) is 62.0 cm³/mol. The number of pyridine rings is 1. The largest absolute Gasteiger partial charge is 0.284 e. The van der Waals surface area contributed by atoms with Crippen LogP contribution in [0.3, 0.4) is 0 Å². The Morgan fingerprint density at radius 2 is 1.58 bits per heavy atom. The number of halogens is 4. The molecule has 1 aromatic heterocycles. The summed E-state index contributed by atoms with van der Waals surface area (Å²) < 4.78 is 51.2. The summed E-state index contributed by atoms with van der Waals surface area (Å²) in [6, 6.07) is 7.05. The monoisotopic (exact) mass is 271 g/mol. The number of rotatable bonds is 3. The zero-order chi connectivity index (χ0) is 14.0. The molecule has 0 amide bonds. The summed E-state index contributed by atoms with van der Waals surface area (Å²) in [5.74, 6) is 0. The first-order valence-corrected chi connectivity index (χ1v) is 5.38. The smallest absolute Gasteiger partial charge is 0.265 e. The number of aromatic nitrogens is 1. The van der Waals surface area contributed by atoms with E-state index in [9.17, 15) is 22.4 Å². The minimum Gasteiger partial charge on any atom is -0.284 e. The molecule has 0 radical (unpaired) electrons. The maximum atomic E-state index is 12.6. The highest BCUT2D eigenvalue weighted by Gasteiger charge is 2.11. The molecule has 2 nitrogen and oxygen atoms in total. The van der Waals surface area contributed by atoms with Crippen LogP contribution in [0.15, 0.2) is 47.4 Å². The highest BCUT2D eigenvalue weighted by molar-refractivity contribution is 5.37. The van der Waals surface area contributed by atoms with E-state index in [0.29, 0.717) is 0 Å². The highest BCUT2D eigenvalue weighted by Crippen LogP contribution is 2.22. The summed E-state index contributed by atoms with van der Waals surface area (Å²) in [6.45, 7) is 0. The lowest BCUT2D eigenvalue weighted by Crippen LogP contribution is -2.17. The fourth-order valence-corrected chi connectivity index (χ4v) is 1.64. The Bertz CT molecular complexity index is 637. The van der Waals surface area contributed by atoms with Gasteiger partial charge in [-0.3, -0.25) is 9.36 Å². The van der Waals surface area contributed by atoms with Crippen LogP contribution in [0, 0.1) is 0 Å². The first-order chi connectivity index (χ1) is 8.99. The minimum atomic E-state index is -2.73.